The lowest BCUT2D eigenvalue weighted by Crippen LogP contribution is -2.38. The second kappa shape index (κ2) is 8.06. The summed E-state index contributed by atoms with van der Waals surface area (Å²) in [7, 11) is 0. The van der Waals surface area contributed by atoms with E-state index in [1.807, 2.05) is 0 Å². The highest BCUT2D eigenvalue weighted by molar-refractivity contribution is 6.33. The Bertz CT molecular complexity index is 1130. The van der Waals surface area contributed by atoms with Crippen LogP contribution < -0.4 is 0 Å². The second-order valence-corrected chi connectivity index (χ2v) is 8.60. The van der Waals surface area contributed by atoms with Crippen molar-refractivity contribution in [3.05, 3.63) is 58.8 Å². The molecule has 1 aromatic heterocycles. The fourth-order valence-corrected chi connectivity index (χ4v) is 5.10. The van der Waals surface area contributed by atoms with Gasteiger partial charge in [0.1, 0.15) is 11.5 Å². The van der Waals surface area contributed by atoms with Crippen LogP contribution in [0.2, 0.25) is 5.02 Å². The van der Waals surface area contributed by atoms with Crippen LogP contribution >= 0.6 is 11.6 Å². The lowest BCUT2D eigenvalue weighted by atomic mass is 9.63. The molecule has 1 aliphatic heterocycles. The minimum Gasteiger partial charge on any atom is -0.462 e. The van der Waals surface area contributed by atoms with E-state index in [2.05, 4.69) is 17.3 Å². The summed E-state index contributed by atoms with van der Waals surface area (Å²) in [5, 5.41) is 5.45. The van der Waals surface area contributed by atoms with Crippen molar-refractivity contribution in [1.82, 2.24) is 5.01 Å². The third-order valence-corrected chi connectivity index (χ3v) is 6.74. The van der Waals surface area contributed by atoms with Gasteiger partial charge in [0.25, 0.3) is 11.8 Å². The molecule has 2 bridgehead atoms. The number of carbonyl (C=O) groups excluding carboxylic acids is 3. The summed E-state index contributed by atoms with van der Waals surface area (Å²) < 4.78 is 10.8. The first-order valence-corrected chi connectivity index (χ1v) is 11.0. The van der Waals surface area contributed by atoms with Gasteiger partial charge in [0.15, 0.2) is 0 Å². The van der Waals surface area contributed by atoms with Gasteiger partial charge in [-0.25, -0.2) is 4.79 Å². The average Bonchev–Trinajstić information content (AvgIpc) is 3.38. The third-order valence-electron chi connectivity index (χ3n) is 6.41. The number of amides is 2. The predicted octanol–water partition coefficient (Wildman–Crippen LogP) is 4.31. The molecule has 164 valence electrons. The van der Waals surface area contributed by atoms with Gasteiger partial charge in [0.2, 0.25) is 0 Å². The topological polar surface area (TPSA) is 89.2 Å². The molecule has 1 saturated carbocycles. The van der Waals surface area contributed by atoms with Crippen LogP contribution in [0, 0.1) is 23.7 Å². The number of halogens is 1. The molecule has 32 heavy (non-hydrogen) atoms. The van der Waals surface area contributed by atoms with E-state index in [9.17, 15) is 14.4 Å². The number of carbonyl (C=O) groups is 3. The van der Waals surface area contributed by atoms with E-state index in [1.165, 1.54) is 6.21 Å². The van der Waals surface area contributed by atoms with Crippen molar-refractivity contribution >= 4 is 35.6 Å². The molecule has 7 nitrogen and oxygen atoms in total. The zero-order valence-electron chi connectivity index (χ0n) is 17.4. The Kier molecular flexibility index (Phi) is 5.21. The van der Waals surface area contributed by atoms with E-state index in [4.69, 9.17) is 20.8 Å². The number of esters is 1. The summed E-state index contributed by atoms with van der Waals surface area (Å²) in [6.07, 6.45) is 7.39. The van der Waals surface area contributed by atoms with Crippen LogP contribution in [0.1, 0.15) is 35.9 Å². The first-order chi connectivity index (χ1) is 15.5. The van der Waals surface area contributed by atoms with E-state index in [1.54, 1.807) is 37.3 Å². The Balaban J connectivity index is 1.35. The molecule has 2 fully saturated rings. The van der Waals surface area contributed by atoms with Crippen molar-refractivity contribution in [2.24, 2.45) is 28.8 Å². The first-order valence-electron chi connectivity index (χ1n) is 10.6. The molecule has 8 heteroatoms. The summed E-state index contributed by atoms with van der Waals surface area (Å²) in [5.41, 5.74) is 0.885. The number of hydrazone groups is 1. The van der Waals surface area contributed by atoms with Gasteiger partial charge in [-0.15, -0.1) is 0 Å². The van der Waals surface area contributed by atoms with Crippen LogP contribution in [0.3, 0.4) is 0 Å². The molecule has 2 aromatic rings. The normalized spacial score (nSPS) is 26.2. The van der Waals surface area contributed by atoms with Gasteiger partial charge in [-0.05, 0) is 61.9 Å². The number of furan rings is 1. The molecule has 0 N–H and O–H groups in total. The number of allylic oxidation sites excluding steroid dienone is 2. The first kappa shape index (κ1) is 20.7. The SMILES string of the molecule is CCOC(=O)c1cc(-c2ccc(/C=N\N3C(=O)[C@H]4[C@H](C3=O)[C@H]3C=C[C@H]4CC3)o2)ccc1Cl. The number of imide groups is 1. The van der Waals surface area contributed by atoms with Gasteiger partial charge in [0.05, 0.1) is 35.2 Å². The van der Waals surface area contributed by atoms with Crippen molar-refractivity contribution < 1.29 is 23.5 Å². The van der Waals surface area contributed by atoms with E-state index in [0.29, 0.717) is 17.1 Å². The summed E-state index contributed by atoms with van der Waals surface area (Å²) >= 11 is 6.12. The largest absolute Gasteiger partial charge is 0.462 e. The Morgan fingerprint density at radius 2 is 1.84 bits per heavy atom. The minimum atomic E-state index is -0.510. The van der Waals surface area contributed by atoms with Crippen LogP contribution in [0.25, 0.3) is 11.3 Å². The fraction of sp³-hybridized carbons (Fsp3) is 0.333. The molecule has 4 atom stereocenters. The van der Waals surface area contributed by atoms with Gasteiger partial charge >= 0.3 is 5.97 Å². The zero-order chi connectivity index (χ0) is 22.4. The van der Waals surface area contributed by atoms with Gasteiger partial charge < -0.3 is 9.15 Å². The number of rotatable bonds is 5. The van der Waals surface area contributed by atoms with Crippen molar-refractivity contribution in [2.75, 3.05) is 6.61 Å². The lowest BCUT2D eigenvalue weighted by molar-refractivity contribution is -0.140. The third kappa shape index (κ3) is 3.37. The number of fused-ring (bicyclic) bond motifs is 1. The molecule has 6 rings (SSSR count). The molecule has 2 heterocycles. The molecular weight excluding hydrogens is 432 g/mol. The molecule has 1 aromatic carbocycles. The summed E-state index contributed by atoms with van der Waals surface area (Å²) in [6, 6.07) is 8.33. The van der Waals surface area contributed by atoms with Crippen molar-refractivity contribution in [3.63, 3.8) is 0 Å². The van der Waals surface area contributed by atoms with Gasteiger partial charge in [-0.1, -0.05) is 23.8 Å². The maximum atomic E-state index is 12.8. The Hall–Kier alpha value is -3.19. The monoisotopic (exact) mass is 452 g/mol. The average molecular weight is 453 g/mol. The summed E-state index contributed by atoms with van der Waals surface area (Å²) in [5.74, 6) is -0.475. The van der Waals surface area contributed by atoms with Crippen LogP contribution in [-0.4, -0.2) is 35.6 Å². The van der Waals surface area contributed by atoms with E-state index < -0.39 is 5.97 Å². The second-order valence-electron chi connectivity index (χ2n) is 8.19. The molecular formula is C24H21ClN2O5. The molecule has 3 aliphatic carbocycles. The van der Waals surface area contributed by atoms with Crippen molar-refractivity contribution in [3.8, 4) is 11.3 Å². The fourth-order valence-electron chi connectivity index (χ4n) is 4.91. The summed E-state index contributed by atoms with van der Waals surface area (Å²) in [4.78, 5) is 37.8. The molecule has 0 unspecified atom stereocenters. The van der Waals surface area contributed by atoms with E-state index in [0.717, 1.165) is 17.9 Å². The number of benzene rings is 1. The van der Waals surface area contributed by atoms with Crippen LogP contribution in [0.4, 0.5) is 0 Å². The molecule has 0 radical (unpaired) electrons. The Morgan fingerprint density at radius 3 is 2.47 bits per heavy atom. The Morgan fingerprint density at radius 1 is 1.16 bits per heavy atom. The van der Waals surface area contributed by atoms with Gasteiger partial charge in [-0.3, -0.25) is 9.59 Å². The minimum absolute atomic E-state index is 0.121. The quantitative estimate of drug-likeness (QED) is 0.292. The highest BCUT2D eigenvalue weighted by Gasteiger charge is 2.56. The van der Waals surface area contributed by atoms with E-state index >= 15 is 0 Å². The van der Waals surface area contributed by atoms with Crippen molar-refractivity contribution in [1.29, 1.82) is 0 Å². The highest BCUT2D eigenvalue weighted by atomic mass is 35.5. The number of hydrogen-bond donors (Lipinski definition) is 0. The van der Waals surface area contributed by atoms with Gasteiger partial charge in [0, 0.05) is 5.56 Å². The standard InChI is InChI=1S/C24H21ClN2O5/c1-2-31-24(30)17-11-15(7-9-18(17)25)19-10-8-16(32-19)12-26-27-22(28)20-13-3-4-14(6-5-13)21(20)23(27)29/h3-4,7-14,20-21H,2,5-6H2,1H3/b26-12-/t13-,14-,20+,21+/m0/s1. The van der Waals surface area contributed by atoms with E-state index in [-0.39, 0.29) is 52.7 Å². The van der Waals surface area contributed by atoms with Crippen LogP contribution in [-0.2, 0) is 14.3 Å². The van der Waals surface area contributed by atoms with Crippen LogP contribution in [0.5, 0.6) is 0 Å². The lowest BCUT2D eigenvalue weighted by Gasteiger charge is -2.37. The highest BCUT2D eigenvalue weighted by Crippen LogP contribution is 2.49. The van der Waals surface area contributed by atoms with Crippen molar-refractivity contribution in [2.45, 2.75) is 19.8 Å². The molecule has 1 saturated heterocycles. The van der Waals surface area contributed by atoms with Gasteiger partial charge in [-0.2, -0.15) is 10.1 Å². The maximum Gasteiger partial charge on any atom is 0.339 e. The predicted molar refractivity (Wildman–Crippen MR) is 117 cm³/mol. The molecule has 2 amide bonds. The number of ether oxygens (including phenoxy) is 1. The Labute approximate surface area is 189 Å². The molecule has 0 spiro atoms. The maximum absolute atomic E-state index is 12.8. The smallest absolute Gasteiger partial charge is 0.339 e. The molecule has 4 aliphatic rings. The van der Waals surface area contributed by atoms with Crippen LogP contribution in [0.15, 0.2) is 52.0 Å². The number of nitrogens with zero attached hydrogens (tertiary/aromatic N) is 2. The zero-order valence-corrected chi connectivity index (χ0v) is 18.1. The number of hydrogen-bond acceptors (Lipinski definition) is 6. The summed E-state index contributed by atoms with van der Waals surface area (Å²) in [6.45, 7) is 1.97.